The number of nitrogen functional groups attached to an aromatic ring is 1. The number of amides is 1. The molecule has 0 aromatic heterocycles. The van der Waals surface area contributed by atoms with E-state index in [1.165, 1.54) is 0 Å². The second-order valence-corrected chi connectivity index (χ2v) is 7.95. The number of nitrogens with one attached hydrogen (secondary N) is 2. The zero-order valence-electron chi connectivity index (χ0n) is 18.7. The lowest BCUT2D eigenvalue weighted by Gasteiger charge is -2.32. The van der Waals surface area contributed by atoms with Crippen molar-refractivity contribution in [3.63, 3.8) is 0 Å². The minimum absolute atomic E-state index is 0.0308. The fourth-order valence-electron chi connectivity index (χ4n) is 3.73. The van der Waals surface area contributed by atoms with Gasteiger partial charge < -0.3 is 20.3 Å². The number of likely N-dealkylation sites (tertiary alicyclic amines) is 1. The number of anilines is 1. The molecule has 0 saturated carbocycles. The molecule has 168 valence electrons. The Bertz CT molecular complexity index is 992. The van der Waals surface area contributed by atoms with Crippen LogP contribution in [0.1, 0.15) is 37.8 Å². The lowest BCUT2D eigenvalue weighted by atomic mass is 10.1. The van der Waals surface area contributed by atoms with Gasteiger partial charge in [0.1, 0.15) is 17.7 Å². The maximum Gasteiger partial charge on any atom is 0.224 e. The van der Waals surface area contributed by atoms with Crippen molar-refractivity contribution in [1.29, 1.82) is 10.8 Å². The van der Waals surface area contributed by atoms with E-state index in [1.807, 2.05) is 61.5 Å². The van der Waals surface area contributed by atoms with Crippen LogP contribution < -0.4 is 15.4 Å². The quantitative estimate of drug-likeness (QED) is 0.455. The van der Waals surface area contributed by atoms with E-state index in [1.54, 1.807) is 17.9 Å². The molecular formula is C25H31N5O2. The average molecular weight is 434 g/mol. The molecule has 3 rings (SSSR count). The highest BCUT2D eigenvalue weighted by molar-refractivity contribution is 5.95. The van der Waals surface area contributed by atoms with Gasteiger partial charge in [0.05, 0.1) is 5.84 Å². The molecule has 0 atom stereocenters. The Hall–Kier alpha value is -3.61. The zero-order chi connectivity index (χ0) is 23.1. The first-order valence-corrected chi connectivity index (χ1v) is 10.8. The normalized spacial score (nSPS) is 14.4. The predicted molar refractivity (Wildman–Crippen MR) is 130 cm³/mol. The Labute approximate surface area is 189 Å². The lowest BCUT2D eigenvalue weighted by Crippen LogP contribution is -2.40. The first-order chi connectivity index (χ1) is 15.3. The molecule has 0 unspecified atom stereocenters. The van der Waals surface area contributed by atoms with Crippen molar-refractivity contribution in [2.24, 2.45) is 5.73 Å². The van der Waals surface area contributed by atoms with Crippen LogP contribution in [0.4, 0.5) is 5.69 Å². The number of carbonyl (C=O) groups excluding carboxylic acids is 1. The molecule has 7 heteroatoms. The van der Waals surface area contributed by atoms with E-state index in [4.69, 9.17) is 21.3 Å². The van der Waals surface area contributed by atoms with E-state index in [0.717, 1.165) is 42.9 Å². The Morgan fingerprint density at radius 2 is 1.84 bits per heavy atom. The standard InChI is InChI=1S/C25H31N5O2/c1-18(26)29-15-12-24(13-16-29)32-23-10-8-22(9-11-23)30(19(2)31)14-4-6-20-5-3-7-21(17-20)25(27)28/h3-11,17,24,26H,12-16H2,1-2H3,(H3,27,28)/b6-4+,26-18?. The first-order valence-electron chi connectivity index (χ1n) is 10.8. The van der Waals surface area contributed by atoms with Crippen LogP contribution in [0.2, 0.25) is 0 Å². The maximum atomic E-state index is 12.2. The molecule has 7 nitrogen and oxygen atoms in total. The highest BCUT2D eigenvalue weighted by atomic mass is 16.5. The summed E-state index contributed by atoms with van der Waals surface area (Å²) >= 11 is 0. The molecule has 0 bridgehead atoms. The molecule has 32 heavy (non-hydrogen) atoms. The molecule has 0 radical (unpaired) electrons. The van der Waals surface area contributed by atoms with Crippen molar-refractivity contribution in [3.05, 3.63) is 65.7 Å². The molecule has 1 fully saturated rings. The number of ether oxygens (including phenoxy) is 1. The van der Waals surface area contributed by atoms with Crippen molar-refractivity contribution in [2.45, 2.75) is 32.8 Å². The van der Waals surface area contributed by atoms with Gasteiger partial charge in [0, 0.05) is 50.7 Å². The molecule has 4 N–H and O–H groups in total. The summed E-state index contributed by atoms with van der Waals surface area (Å²) in [4.78, 5) is 16.0. The van der Waals surface area contributed by atoms with Crippen molar-refractivity contribution < 1.29 is 9.53 Å². The molecular weight excluding hydrogens is 402 g/mol. The van der Waals surface area contributed by atoms with Gasteiger partial charge in [-0.2, -0.15) is 0 Å². The third-order valence-electron chi connectivity index (χ3n) is 5.54. The van der Waals surface area contributed by atoms with Crippen LogP contribution in [-0.4, -0.2) is 48.2 Å². The fourth-order valence-corrected chi connectivity index (χ4v) is 3.73. The first kappa shape index (κ1) is 23.1. The second kappa shape index (κ2) is 10.6. The third kappa shape index (κ3) is 6.20. The number of hydrogen-bond donors (Lipinski definition) is 3. The molecule has 1 saturated heterocycles. The molecule has 2 aromatic rings. The van der Waals surface area contributed by atoms with Gasteiger partial charge >= 0.3 is 0 Å². The number of benzene rings is 2. The molecule has 0 aliphatic carbocycles. The van der Waals surface area contributed by atoms with Crippen LogP contribution in [0.15, 0.2) is 54.6 Å². The van der Waals surface area contributed by atoms with Crippen molar-refractivity contribution in [1.82, 2.24) is 4.90 Å². The summed E-state index contributed by atoms with van der Waals surface area (Å²) in [5.41, 5.74) is 7.95. The van der Waals surface area contributed by atoms with Crippen molar-refractivity contribution in [2.75, 3.05) is 24.5 Å². The summed E-state index contributed by atoms with van der Waals surface area (Å²) in [6.45, 7) is 5.49. The lowest BCUT2D eigenvalue weighted by molar-refractivity contribution is -0.116. The van der Waals surface area contributed by atoms with Gasteiger partial charge in [0.25, 0.3) is 0 Å². The van der Waals surface area contributed by atoms with Crippen LogP contribution in [0.3, 0.4) is 0 Å². The average Bonchev–Trinajstić information content (AvgIpc) is 2.78. The van der Waals surface area contributed by atoms with Crippen LogP contribution in [0.25, 0.3) is 6.08 Å². The molecule has 1 aliphatic rings. The number of nitrogens with two attached hydrogens (primary N) is 1. The molecule has 2 aromatic carbocycles. The summed E-state index contributed by atoms with van der Waals surface area (Å²) in [6.07, 6.45) is 5.78. The Kier molecular flexibility index (Phi) is 7.65. The van der Waals surface area contributed by atoms with E-state index in [2.05, 4.69) is 4.90 Å². The Morgan fingerprint density at radius 3 is 2.44 bits per heavy atom. The van der Waals surface area contributed by atoms with E-state index < -0.39 is 0 Å². The van der Waals surface area contributed by atoms with Crippen molar-refractivity contribution >= 4 is 29.3 Å². The largest absolute Gasteiger partial charge is 0.490 e. The SMILES string of the molecule is CC(=N)N1CCC(Oc2ccc(N(C/C=C/c3cccc(C(=N)N)c3)C(C)=O)cc2)CC1. The maximum absolute atomic E-state index is 12.2. The minimum atomic E-state index is -0.0461. The van der Waals surface area contributed by atoms with Crippen LogP contribution in [0.5, 0.6) is 5.75 Å². The summed E-state index contributed by atoms with van der Waals surface area (Å²) in [6, 6.07) is 15.0. The topological polar surface area (TPSA) is 106 Å². The van der Waals surface area contributed by atoms with E-state index in [-0.39, 0.29) is 17.8 Å². The summed E-state index contributed by atoms with van der Waals surface area (Å²) < 4.78 is 6.11. The highest BCUT2D eigenvalue weighted by Crippen LogP contribution is 2.23. The molecule has 0 spiro atoms. The van der Waals surface area contributed by atoms with Crippen LogP contribution in [-0.2, 0) is 4.79 Å². The summed E-state index contributed by atoms with van der Waals surface area (Å²) in [7, 11) is 0. The molecule has 1 amide bonds. The second-order valence-electron chi connectivity index (χ2n) is 7.95. The number of carbonyl (C=O) groups is 1. The number of nitrogens with zero attached hydrogens (tertiary/aromatic N) is 2. The van der Waals surface area contributed by atoms with Gasteiger partial charge in [-0.3, -0.25) is 15.6 Å². The number of amidine groups is 2. The van der Waals surface area contributed by atoms with E-state index in [9.17, 15) is 4.79 Å². The third-order valence-corrected chi connectivity index (χ3v) is 5.54. The van der Waals surface area contributed by atoms with Gasteiger partial charge in [-0.1, -0.05) is 30.4 Å². The fraction of sp³-hybridized carbons (Fsp3) is 0.320. The van der Waals surface area contributed by atoms with Crippen LogP contribution in [0, 0.1) is 10.8 Å². The van der Waals surface area contributed by atoms with Crippen LogP contribution >= 0.6 is 0 Å². The van der Waals surface area contributed by atoms with Gasteiger partial charge in [-0.25, -0.2) is 0 Å². The van der Waals surface area contributed by atoms with E-state index >= 15 is 0 Å². The zero-order valence-corrected chi connectivity index (χ0v) is 18.7. The summed E-state index contributed by atoms with van der Waals surface area (Å²) in [5, 5.41) is 15.3. The number of hydrogen-bond acceptors (Lipinski definition) is 4. The van der Waals surface area contributed by atoms with Gasteiger partial charge in [-0.15, -0.1) is 0 Å². The predicted octanol–water partition coefficient (Wildman–Crippen LogP) is 3.88. The van der Waals surface area contributed by atoms with Gasteiger partial charge in [-0.05, 0) is 42.8 Å². The minimum Gasteiger partial charge on any atom is -0.490 e. The van der Waals surface area contributed by atoms with Crippen molar-refractivity contribution in [3.8, 4) is 5.75 Å². The molecule has 1 heterocycles. The number of piperidine rings is 1. The monoisotopic (exact) mass is 433 g/mol. The number of rotatable bonds is 7. The van der Waals surface area contributed by atoms with Gasteiger partial charge in [0.2, 0.25) is 5.91 Å². The Balaban J connectivity index is 1.60. The molecule has 1 aliphatic heterocycles. The smallest absolute Gasteiger partial charge is 0.224 e. The summed E-state index contributed by atoms with van der Waals surface area (Å²) in [5.74, 6) is 1.38. The highest BCUT2D eigenvalue weighted by Gasteiger charge is 2.21. The van der Waals surface area contributed by atoms with E-state index in [0.29, 0.717) is 17.9 Å². The Morgan fingerprint density at radius 1 is 1.16 bits per heavy atom. The van der Waals surface area contributed by atoms with Gasteiger partial charge in [0.15, 0.2) is 0 Å².